The molecular weight excluding hydrogens is 520 g/mol. The van der Waals surface area contributed by atoms with Gasteiger partial charge in [-0.1, -0.05) is 41.9 Å². The Morgan fingerprint density at radius 1 is 1.03 bits per heavy atom. The van der Waals surface area contributed by atoms with Crippen LogP contribution in [0.4, 0.5) is 20.2 Å². The van der Waals surface area contributed by atoms with Gasteiger partial charge in [0.05, 0.1) is 28.6 Å². The van der Waals surface area contributed by atoms with Crippen molar-refractivity contribution in [1.82, 2.24) is 14.6 Å². The summed E-state index contributed by atoms with van der Waals surface area (Å²) in [7, 11) is 0. The van der Waals surface area contributed by atoms with Gasteiger partial charge in [0.15, 0.2) is 5.65 Å². The van der Waals surface area contributed by atoms with Crippen LogP contribution in [-0.4, -0.2) is 25.4 Å². The molecule has 0 unspecified atom stereocenters. The number of nitrogens with zero attached hydrogens (tertiary/aromatic N) is 4. The number of aromatic nitrogens is 3. The molecule has 2 heterocycles. The van der Waals surface area contributed by atoms with Crippen LogP contribution in [0.3, 0.4) is 0 Å². The van der Waals surface area contributed by atoms with Crippen LogP contribution >= 0.6 is 11.6 Å². The standard InChI is InChI=1S/C26H16ClF2N5O4/c27-16-6-8-19(9-7-16)38-20-11-17(10-18(12-20)34(36)37)31-26(35)21-14-30-33-23(24(28)29)13-22(32-25(21)33)15-4-2-1-3-5-15/h1-14,24H,(H,31,35). The van der Waals surface area contributed by atoms with Crippen molar-refractivity contribution in [2.24, 2.45) is 0 Å². The predicted octanol–water partition coefficient (Wildman–Crippen LogP) is 6.94. The zero-order valence-electron chi connectivity index (χ0n) is 19.2. The molecule has 9 nitrogen and oxygen atoms in total. The third-order valence-electron chi connectivity index (χ3n) is 5.45. The van der Waals surface area contributed by atoms with Gasteiger partial charge in [-0.2, -0.15) is 5.10 Å². The molecule has 1 N–H and O–H groups in total. The molecule has 0 saturated carbocycles. The maximum Gasteiger partial charge on any atom is 0.280 e. The van der Waals surface area contributed by atoms with Gasteiger partial charge in [0, 0.05) is 22.7 Å². The number of nitro benzene ring substituents is 1. The van der Waals surface area contributed by atoms with Crippen molar-refractivity contribution in [2.45, 2.75) is 6.43 Å². The second-order valence-electron chi connectivity index (χ2n) is 8.01. The number of nitrogens with one attached hydrogen (secondary N) is 1. The summed E-state index contributed by atoms with van der Waals surface area (Å²) in [5, 5.41) is 18.5. The SMILES string of the molecule is O=C(Nc1cc(Oc2ccc(Cl)cc2)cc([N+](=O)[O-])c1)c1cnn2c(C(F)F)cc(-c3ccccc3)nc12. The number of anilines is 1. The molecule has 5 aromatic rings. The molecule has 190 valence electrons. The molecule has 0 bridgehead atoms. The van der Waals surface area contributed by atoms with Crippen LogP contribution in [0, 0.1) is 10.1 Å². The summed E-state index contributed by atoms with van der Waals surface area (Å²) in [6, 6.07) is 19.9. The maximum atomic E-state index is 13.8. The lowest BCUT2D eigenvalue weighted by Gasteiger charge is -2.10. The number of non-ortho nitro benzene ring substituents is 1. The molecule has 0 fully saturated rings. The molecule has 1 amide bonds. The van der Waals surface area contributed by atoms with Crippen molar-refractivity contribution >= 4 is 34.5 Å². The van der Waals surface area contributed by atoms with Crippen molar-refractivity contribution in [2.75, 3.05) is 5.32 Å². The number of fused-ring (bicyclic) bond motifs is 1. The predicted molar refractivity (Wildman–Crippen MR) is 136 cm³/mol. The van der Waals surface area contributed by atoms with Crippen molar-refractivity contribution in [3.05, 3.63) is 111 Å². The molecule has 3 aromatic carbocycles. The largest absolute Gasteiger partial charge is 0.457 e. The average Bonchev–Trinajstić information content (AvgIpc) is 3.34. The van der Waals surface area contributed by atoms with Crippen LogP contribution in [0.5, 0.6) is 11.5 Å². The van der Waals surface area contributed by atoms with Crippen molar-refractivity contribution in [1.29, 1.82) is 0 Å². The number of ether oxygens (including phenoxy) is 1. The number of halogens is 3. The van der Waals surface area contributed by atoms with Gasteiger partial charge < -0.3 is 10.1 Å². The fourth-order valence-electron chi connectivity index (χ4n) is 3.72. The summed E-state index contributed by atoms with van der Waals surface area (Å²) in [5.41, 5.74) is -0.124. The van der Waals surface area contributed by atoms with E-state index in [0.717, 1.165) is 16.8 Å². The highest BCUT2D eigenvalue weighted by atomic mass is 35.5. The summed E-state index contributed by atoms with van der Waals surface area (Å²) in [5.74, 6) is -0.302. The number of carbonyl (C=O) groups is 1. The Morgan fingerprint density at radius 2 is 1.76 bits per heavy atom. The normalized spacial score (nSPS) is 11.1. The van der Waals surface area contributed by atoms with Gasteiger partial charge in [-0.3, -0.25) is 14.9 Å². The monoisotopic (exact) mass is 535 g/mol. The van der Waals surface area contributed by atoms with Crippen LogP contribution in [-0.2, 0) is 0 Å². The first kappa shape index (κ1) is 24.8. The number of benzene rings is 3. The van der Waals surface area contributed by atoms with Crippen LogP contribution in [0.15, 0.2) is 85.1 Å². The zero-order valence-corrected chi connectivity index (χ0v) is 20.0. The molecule has 38 heavy (non-hydrogen) atoms. The molecule has 0 aliphatic rings. The third kappa shape index (κ3) is 5.13. The van der Waals surface area contributed by atoms with E-state index in [0.29, 0.717) is 16.3 Å². The van der Waals surface area contributed by atoms with Crippen LogP contribution in [0.2, 0.25) is 5.02 Å². The van der Waals surface area contributed by atoms with Gasteiger partial charge in [-0.15, -0.1) is 0 Å². The lowest BCUT2D eigenvalue weighted by Crippen LogP contribution is -2.13. The first-order valence-electron chi connectivity index (χ1n) is 11.0. The lowest BCUT2D eigenvalue weighted by molar-refractivity contribution is -0.384. The second-order valence-corrected chi connectivity index (χ2v) is 8.45. The van der Waals surface area contributed by atoms with Gasteiger partial charge in [0.25, 0.3) is 18.0 Å². The van der Waals surface area contributed by atoms with E-state index in [-0.39, 0.29) is 34.0 Å². The quantitative estimate of drug-likeness (QED) is 0.178. The van der Waals surface area contributed by atoms with E-state index >= 15 is 0 Å². The first-order chi connectivity index (χ1) is 18.3. The van der Waals surface area contributed by atoms with Gasteiger partial charge in [0.1, 0.15) is 22.8 Å². The molecule has 0 spiro atoms. The molecule has 2 aromatic heterocycles. The summed E-state index contributed by atoms with van der Waals surface area (Å²) in [6.45, 7) is 0. The molecule has 0 atom stereocenters. The number of hydrogen-bond acceptors (Lipinski definition) is 6. The van der Waals surface area contributed by atoms with E-state index in [1.165, 1.54) is 18.2 Å². The molecular formula is C26H16ClF2N5O4. The highest BCUT2D eigenvalue weighted by molar-refractivity contribution is 6.30. The number of alkyl halides is 2. The maximum absolute atomic E-state index is 13.8. The Morgan fingerprint density at radius 3 is 2.45 bits per heavy atom. The van der Waals surface area contributed by atoms with Gasteiger partial charge in [0.2, 0.25) is 0 Å². The van der Waals surface area contributed by atoms with E-state index in [9.17, 15) is 23.7 Å². The van der Waals surface area contributed by atoms with E-state index in [2.05, 4.69) is 15.4 Å². The van der Waals surface area contributed by atoms with Crippen molar-refractivity contribution < 1.29 is 23.2 Å². The van der Waals surface area contributed by atoms with E-state index in [1.54, 1.807) is 54.6 Å². The van der Waals surface area contributed by atoms with Gasteiger partial charge in [-0.05, 0) is 30.3 Å². The summed E-state index contributed by atoms with van der Waals surface area (Å²) in [6.07, 6.45) is -1.77. The van der Waals surface area contributed by atoms with Crippen molar-refractivity contribution in [3.63, 3.8) is 0 Å². The molecule has 0 aliphatic heterocycles. The van der Waals surface area contributed by atoms with Crippen LogP contribution < -0.4 is 10.1 Å². The summed E-state index contributed by atoms with van der Waals surface area (Å²) >= 11 is 5.88. The summed E-state index contributed by atoms with van der Waals surface area (Å²) < 4.78 is 34.3. The highest BCUT2D eigenvalue weighted by Crippen LogP contribution is 2.31. The Bertz CT molecular complexity index is 1660. The fraction of sp³-hybridized carbons (Fsp3) is 0.0385. The van der Waals surface area contributed by atoms with Crippen LogP contribution in [0.25, 0.3) is 16.9 Å². The number of carbonyl (C=O) groups excluding carboxylic acids is 1. The van der Waals surface area contributed by atoms with Crippen molar-refractivity contribution in [3.8, 4) is 22.8 Å². The average molecular weight is 536 g/mol. The highest BCUT2D eigenvalue weighted by Gasteiger charge is 2.22. The zero-order chi connectivity index (χ0) is 26.8. The number of amides is 1. The Balaban J connectivity index is 1.51. The minimum absolute atomic E-state index is 0.0424. The smallest absolute Gasteiger partial charge is 0.280 e. The summed E-state index contributed by atoms with van der Waals surface area (Å²) in [4.78, 5) is 28.4. The van der Waals surface area contributed by atoms with Crippen LogP contribution in [0.1, 0.15) is 22.5 Å². The number of nitro groups is 1. The van der Waals surface area contributed by atoms with E-state index in [4.69, 9.17) is 16.3 Å². The molecule has 0 radical (unpaired) electrons. The van der Waals surface area contributed by atoms with Gasteiger partial charge in [-0.25, -0.2) is 18.3 Å². The molecule has 12 heteroatoms. The lowest BCUT2D eigenvalue weighted by atomic mass is 10.1. The Labute approximate surface area is 218 Å². The number of rotatable bonds is 7. The topological polar surface area (TPSA) is 112 Å². The molecule has 5 rings (SSSR count). The van der Waals surface area contributed by atoms with Gasteiger partial charge >= 0.3 is 0 Å². The van der Waals surface area contributed by atoms with E-state index < -0.39 is 22.9 Å². The Hall–Kier alpha value is -4.90. The minimum atomic E-state index is -2.89. The number of hydrogen-bond donors (Lipinski definition) is 1. The fourth-order valence-corrected chi connectivity index (χ4v) is 3.84. The molecule has 0 aliphatic carbocycles. The van der Waals surface area contributed by atoms with E-state index in [1.807, 2.05) is 0 Å². The minimum Gasteiger partial charge on any atom is -0.457 e. The Kier molecular flexibility index (Phi) is 6.67. The third-order valence-corrected chi connectivity index (χ3v) is 5.70. The first-order valence-corrected chi connectivity index (χ1v) is 11.4. The second kappa shape index (κ2) is 10.2. The molecule has 0 saturated heterocycles.